The second-order valence-electron chi connectivity index (χ2n) is 14.3. The Hall–Kier alpha value is -0.910. The first-order valence-electron chi connectivity index (χ1n) is 14.2. The van der Waals surface area contributed by atoms with Gasteiger partial charge in [0.25, 0.3) is 0 Å². The number of aliphatic hydroxyl groups is 3. The summed E-state index contributed by atoms with van der Waals surface area (Å²) in [5.74, 6) is 2.17. The summed E-state index contributed by atoms with van der Waals surface area (Å²) in [7, 11) is 0. The Morgan fingerprint density at radius 2 is 1.60 bits per heavy atom. The number of hydrogen-bond acceptors (Lipinski definition) is 5. The van der Waals surface area contributed by atoms with Gasteiger partial charge in [-0.1, -0.05) is 39.4 Å². The van der Waals surface area contributed by atoms with Crippen molar-refractivity contribution in [2.75, 3.05) is 19.8 Å². The molecule has 35 heavy (non-hydrogen) atoms. The highest BCUT2D eigenvalue weighted by Crippen LogP contribution is 2.77. The predicted octanol–water partition coefficient (Wildman–Crippen LogP) is 5.41. The molecule has 0 aromatic rings. The highest BCUT2D eigenvalue weighted by atomic mass is 16.4. The van der Waals surface area contributed by atoms with E-state index in [-0.39, 0.29) is 41.5 Å². The van der Waals surface area contributed by atoms with Gasteiger partial charge < -0.3 is 20.5 Å². The van der Waals surface area contributed by atoms with Crippen molar-refractivity contribution in [3.05, 3.63) is 12.2 Å². The van der Waals surface area contributed by atoms with Crippen LogP contribution in [0.25, 0.3) is 0 Å². The fraction of sp³-hybridized carbons (Fsp3) is 0.900. The molecular formula is C30H49NO4. The second-order valence-corrected chi connectivity index (χ2v) is 14.3. The molecule has 5 heteroatoms. The molecule has 4 N–H and O–H groups in total. The van der Waals surface area contributed by atoms with E-state index < -0.39 is 5.41 Å². The lowest BCUT2D eigenvalue weighted by Crippen LogP contribution is -2.67. The second kappa shape index (κ2) is 8.30. The van der Waals surface area contributed by atoms with Crippen molar-refractivity contribution in [3.8, 4) is 0 Å². The van der Waals surface area contributed by atoms with Crippen LogP contribution < -0.4 is 0 Å². The molecule has 198 valence electrons. The SMILES string of the molecule is C=C(CO)[C@@H]1CC[C@]2(CO)CC[C@]3(C)[C@H](CC[C@@H]4[C@@]5(C)CC/C(=N/O)C(C)(CO)[C@@H]5CC[C@]43C)[C@@H]12. The van der Waals surface area contributed by atoms with Crippen LogP contribution in [0.3, 0.4) is 0 Å². The van der Waals surface area contributed by atoms with Crippen molar-refractivity contribution >= 4 is 5.71 Å². The summed E-state index contributed by atoms with van der Waals surface area (Å²) < 4.78 is 0. The third kappa shape index (κ3) is 3.07. The maximum Gasteiger partial charge on any atom is 0.0655 e. The highest BCUT2D eigenvalue weighted by molar-refractivity contribution is 5.91. The zero-order valence-corrected chi connectivity index (χ0v) is 22.5. The molecule has 5 fully saturated rings. The summed E-state index contributed by atoms with van der Waals surface area (Å²) in [5, 5.41) is 44.7. The minimum Gasteiger partial charge on any atom is -0.411 e. The maximum absolute atomic E-state index is 10.7. The molecule has 5 rings (SSSR count). The summed E-state index contributed by atoms with van der Waals surface area (Å²) >= 11 is 0. The van der Waals surface area contributed by atoms with Gasteiger partial charge >= 0.3 is 0 Å². The predicted molar refractivity (Wildman–Crippen MR) is 138 cm³/mol. The average molecular weight is 488 g/mol. The Kier molecular flexibility index (Phi) is 6.10. The van der Waals surface area contributed by atoms with Crippen LogP contribution >= 0.6 is 0 Å². The van der Waals surface area contributed by atoms with Crippen LogP contribution in [0.5, 0.6) is 0 Å². The van der Waals surface area contributed by atoms with Crippen LogP contribution in [0, 0.1) is 56.7 Å². The van der Waals surface area contributed by atoms with Gasteiger partial charge in [-0.3, -0.25) is 0 Å². The first-order chi connectivity index (χ1) is 16.5. The Morgan fingerprint density at radius 1 is 0.857 bits per heavy atom. The smallest absolute Gasteiger partial charge is 0.0655 e. The molecule has 0 radical (unpaired) electrons. The number of nitrogens with zero attached hydrogens (tertiary/aromatic N) is 1. The zero-order chi connectivity index (χ0) is 25.4. The van der Waals surface area contributed by atoms with E-state index in [2.05, 4.69) is 39.4 Å². The molecule has 1 unspecified atom stereocenters. The van der Waals surface area contributed by atoms with E-state index in [1.54, 1.807) is 0 Å². The Bertz CT molecular complexity index is 903. The molecule has 0 aliphatic heterocycles. The van der Waals surface area contributed by atoms with E-state index in [9.17, 15) is 20.5 Å². The molecule has 0 bridgehead atoms. The van der Waals surface area contributed by atoms with Gasteiger partial charge in [0.2, 0.25) is 0 Å². The summed E-state index contributed by atoms with van der Waals surface area (Å²) in [5.41, 5.74) is 1.79. The fourth-order valence-corrected chi connectivity index (χ4v) is 11.6. The summed E-state index contributed by atoms with van der Waals surface area (Å²) in [6, 6.07) is 0. The minimum absolute atomic E-state index is 0.00988. The van der Waals surface area contributed by atoms with Gasteiger partial charge in [-0.05, 0) is 121 Å². The molecule has 5 aliphatic rings. The molecule has 0 aromatic heterocycles. The van der Waals surface area contributed by atoms with E-state index in [1.165, 1.54) is 19.3 Å². The lowest BCUT2D eigenvalue weighted by Gasteiger charge is -2.72. The Labute approximate surface area is 212 Å². The summed E-state index contributed by atoms with van der Waals surface area (Å²) in [6.07, 6.45) is 10.7. The summed E-state index contributed by atoms with van der Waals surface area (Å²) in [4.78, 5) is 0. The lowest BCUT2D eigenvalue weighted by atomic mass is 9.32. The number of aliphatic hydroxyl groups excluding tert-OH is 3. The number of fused-ring (bicyclic) bond motifs is 7. The van der Waals surface area contributed by atoms with E-state index in [4.69, 9.17) is 0 Å². The van der Waals surface area contributed by atoms with Crippen molar-refractivity contribution in [1.29, 1.82) is 0 Å². The summed E-state index contributed by atoms with van der Waals surface area (Å²) in [6.45, 7) is 14.4. The monoisotopic (exact) mass is 487 g/mol. The first-order valence-corrected chi connectivity index (χ1v) is 14.2. The molecule has 0 saturated heterocycles. The van der Waals surface area contributed by atoms with Gasteiger partial charge in [-0.15, -0.1) is 0 Å². The van der Waals surface area contributed by atoms with Crippen molar-refractivity contribution < 1.29 is 20.5 Å². The van der Waals surface area contributed by atoms with Gasteiger partial charge in [-0.25, -0.2) is 0 Å². The van der Waals surface area contributed by atoms with E-state index >= 15 is 0 Å². The number of hydrogen-bond donors (Lipinski definition) is 4. The molecule has 0 amide bonds. The normalized spacial score (nSPS) is 54.5. The third-order valence-electron chi connectivity index (χ3n) is 13.7. The zero-order valence-electron chi connectivity index (χ0n) is 22.5. The number of oxime groups is 1. The molecular weight excluding hydrogens is 438 g/mol. The van der Waals surface area contributed by atoms with Crippen molar-refractivity contribution in [3.63, 3.8) is 0 Å². The van der Waals surface area contributed by atoms with Gasteiger partial charge in [0.15, 0.2) is 0 Å². The standard InChI is InChI=1S/C30H49NO4/c1-19(16-32)20-8-13-30(18-34)15-14-28(4)21(25(20)30)6-7-23-26(2)11-10-24(31-35)27(3,17-33)22(26)9-12-29(23,28)5/h20-23,25,32-35H,1,6-18H2,2-5H3/b31-24-/t20-,21+,22+,23+,25+,26-,27?,28+,29+,30+/m0/s1. The van der Waals surface area contributed by atoms with E-state index in [0.717, 1.165) is 56.2 Å². The maximum atomic E-state index is 10.7. The van der Waals surface area contributed by atoms with Crippen LogP contribution in [-0.4, -0.2) is 46.1 Å². The van der Waals surface area contributed by atoms with Crippen LogP contribution in [0.4, 0.5) is 0 Å². The van der Waals surface area contributed by atoms with Crippen molar-refractivity contribution in [1.82, 2.24) is 0 Å². The largest absolute Gasteiger partial charge is 0.411 e. The highest BCUT2D eigenvalue weighted by Gasteiger charge is 2.71. The molecule has 5 nitrogen and oxygen atoms in total. The van der Waals surface area contributed by atoms with Crippen LogP contribution in [0.2, 0.25) is 0 Å². The Morgan fingerprint density at radius 3 is 2.23 bits per heavy atom. The molecule has 0 heterocycles. The molecule has 5 aliphatic carbocycles. The average Bonchev–Trinajstić information content (AvgIpc) is 3.24. The third-order valence-corrected chi connectivity index (χ3v) is 13.7. The topological polar surface area (TPSA) is 93.3 Å². The molecule has 10 atom stereocenters. The number of rotatable bonds is 4. The quantitative estimate of drug-likeness (QED) is 0.242. The fourth-order valence-electron chi connectivity index (χ4n) is 11.6. The van der Waals surface area contributed by atoms with Gasteiger partial charge in [0.1, 0.15) is 0 Å². The molecule has 5 saturated carbocycles. The van der Waals surface area contributed by atoms with Crippen molar-refractivity contribution in [2.45, 2.75) is 91.9 Å². The van der Waals surface area contributed by atoms with Crippen LogP contribution in [0.15, 0.2) is 17.3 Å². The first kappa shape index (κ1) is 25.7. The lowest BCUT2D eigenvalue weighted by molar-refractivity contribution is -0.233. The minimum atomic E-state index is -0.450. The van der Waals surface area contributed by atoms with Gasteiger partial charge in [-0.2, -0.15) is 0 Å². The molecule has 0 spiro atoms. The van der Waals surface area contributed by atoms with Gasteiger partial charge in [0.05, 0.1) is 18.9 Å². The van der Waals surface area contributed by atoms with Crippen molar-refractivity contribution in [2.24, 2.45) is 61.8 Å². The van der Waals surface area contributed by atoms with E-state index in [1.807, 2.05) is 0 Å². The van der Waals surface area contributed by atoms with E-state index in [0.29, 0.717) is 29.6 Å². The van der Waals surface area contributed by atoms with Gasteiger partial charge in [0, 0.05) is 12.0 Å². The van der Waals surface area contributed by atoms with Crippen LogP contribution in [0.1, 0.15) is 91.9 Å². The Balaban J connectivity index is 1.55. The molecule has 0 aromatic carbocycles. The van der Waals surface area contributed by atoms with Crippen LogP contribution in [-0.2, 0) is 0 Å².